The minimum absolute atomic E-state index is 0.135. The van der Waals surface area contributed by atoms with Crippen LogP contribution < -0.4 is 0 Å². The van der Waals surface area contributed by atoms with Crippen LogP contribution in [0.3, 0.4) is 0 Å². The maximum Gasteiger partial charge on any atom is 0.306 e. The van der Waals surface area contributed by atoms with Crippen LogP contribution in [0.25, 0.3) is 0 Å². The Balaban J connectivity index is 2.95. The number of hydrogen-bond donors (Lipinski definition) is 1. The van der Waals surface area contributed by atoms with Crippen LogP contribution in [0, 0.1) is 21.8 Å². The van der Waals surface area contributed by atoms with E-state index in [1.807, 2.05) is 0 Å². The molecule has 0 aliphatic heterocycles. The zero-order valence-electron chi connectivity index (χ0n) is 8.51. The van der Waals surface area contributed by atoms with Crippen molar-refractivity contribution in [3.8, 4) is 0 Å². The minimum Gasteiger partial charge on any atom is -0.481 e. The number of nitro groups is 1. The Bertz CT molecular complexity index is 433. The zero-order chi connectivity index (χ0) is 12.3. The molecule has 0 fully saturated rings. The third-order valence-corrected chi connectivity index (χ3v) is 2.17. The molecule has 0 heterocycles. The molecule has 1 N–H and O–H groups in total. The van der Waals surface area contributed by atoms with Crippen molar-refractivity contribution in [2.24, 2.45) is 5.92 Å². The van der Waals surface area contributed by atoms with Crippen molar-refractivity contribution < 1.29 is 19.2 Å². The van der Waals surface area contributed by atoms with Gasteiger partial charge in [-0.3, -0.25) is 14.9 Å². The SMILES string of the molecule is CC(Cc1ccc(F)c([N+](=O)[O-])c1)C(=O)O. The smallest absolute Gasteiger partial charge is 0.306 e. The molecule has 0 aromatic heterocycles. The van der Waals surface area contributed by atoms with Crippen molar-refractivity contribution in [1.29, 1.82) is 0 Å². The van der Waals surface area contributed by atoms with Gasteiger partial charge in [0.2, 0.25) is 5.82 Å². The lowest BCUT2D eigenvalue weighted by Crippen LogP contribution is -2.12. The second kappa shape index (κ2) is 4.69. The molecule has 0 saturated heterocycles. The molecular formula is C10H10FNO4. The maximum atomic E-state index is 13.0. The molecule has 86 valence electrons. The Morgan fingerprint density at radius 1 is 1.62 bits per heavy atom. The fourth-order valence-electron chi connectivity index (χ4n) is 1.27. The summed E-state index contributed by atoms with van der Waals surface area (Å²) in [5, 5.41) is 19.1. The van der Waals surface area contributed by atoms with Crippen molar-refractivity contribution in [3.63, 3.8) is 0 Å². The summed E-state index contributed by atoms with van der Waals surface area (Å²) < 4.78 is 13.0. The van der Waals surface area contributed by atoms with E-state index in [2.05, 4.69) is 0 Å². The molecule has 0 saturated carbocycles. The largest absolute Gasteiger partial charge is 0.481 e. The quantitative estimate of drug-likeness (QED) is 0.630. The number of carboxylic acid groups (broad SMARTS) is 1. The molecule has 0 bridgehead atoms. The van der Waals surface area contributed by atoms with Gasteiger partial charge in [0, 0.05) is 6.07 Å². The van der Waals surface area contributed by atoms with E-state index in [0.717, 1.165) is 12.1 Å². The normalized spacial score (nSPS) is 12.1. The molecule has 0 spiro atoms. The molecule has 1 atom stereocenters. The van der Waals surface area contributed by atoms with E-state index >= 15 is 0 Å². The lowest BCUT2D eigenvalue weighted by molar-refractivity contribution is -0.387. The van der Waals surface area contributed by atoms with Crippen LogP contribution in [0.5, 0.6) is 0 Å². The topological polar surface area (TPSA) is 80.4 Å². The van der Waals surface area contributed by atoms with Crippen LogP contribution >= 0.6 is 0 Å². The summed E-state index contributed by atoms with van der Waals surface area (Å²) in [5.41, 5.74) is -0.196. The van der Waals surface area contributed by atoms with Crippen molar-refractivity contribution in [2.75, 3.05) is 0 Å². The van der Waals surface area contributed by atoms with Gasteiger partial charge in [0.15, 0.2) is 0 Å². The zero-order valence-corrected chi connectivity index (χ0v) is 8.51. The average molecular weight is 227 g/mol. The molecule has 16 heavy (non-hydrogen) atoms. The number of halogens is 1. The molecule has 0 aliphatic carbocycles. The average Bonchev–Trinajstić information content (AvgIpc) is 2.20. The first-order valence-corrected chi connectivity index (χ1v) is 4.57. The van der Waals surface area contributed by atoms with Crippen molar-refractivity contribution >= 4 is 11.7 Å². The molecule has 0 radical (unpaired) electrons. The highest BCUT2D eigenvalue weighted by Gasteiger charge is 2.17. The van der Waals surface area contributed by atoms with E-state index in [0.29, 0.717) is 5.56 Å². The van der Waals surface area contributed by atoms with E-state index in [-0.39, 0.29) is 6.42 Å². The Morgan fingerprint density at radius 3 is 2.75 bits per heavy atom. The number of benzene rings is 1. The Labute approximate surface area is 90.7 Å². The van der Waals surface area contributed by atoms with Gasteiger partial charge in [-0.2, -0.15) is 4.39 Å². The predicted molar refractivity (Wildman–Crippen MR) is 53.6 cm³/mol. The third kappa shape index (κ3) is 2.75. The van der Waals surface area contributed by atoms with Crippen molar-refractivity contribution in [2.45, 2.75) is 13.3 Å². The highest BCUT2D eigenvalue weighted by atomic mass is 19.1. The van der Waals surface area contributed by atoms with E-state index in [9.17, 15) is 19.3 Å². The van der Waals surface area contributed by atoms with Gasteiger partial charge in [0.25, 0.3) is 0 Å². The van der Waals surface area contributed by atoms with Gasteiger partial charge < -0.3 is 5.11 Å². The number of aliphatic carboxylic acids is 1. The second-order valence-corrected chi connectivity index (χ2v) is 3.49. The van der Waals surface area contributed by atoms with Gasteiger partial charge in [-0.1, -0.05) is 13.0 Å². The first-order valence-electron chi connectivity index (χ1n) is 4.57. The first-order chi connectivity index (χ1) is 7.41. The van der Waals surface area contributed by atoms with Gasteiger partial charge in [-0.15, -0.1) is 0 Å². The Hall–Kier alpha value is -1.98. The summed E-state index contributed by atoms with van der Waals surface area (Å²) in [6, 6.07) is 3.39. The number of carboxylic acids is 1. The van der Waals surface area contributed by atoms with Crippen LogP contribution in [-0.4, -0.2) is 16.0 Å². The van der Waals surface area contributed by atoms with E-state index in [4.69, 9.17) is 5.11 Å². The standard InChI is InChI=1S/C10H10FNO4/c1-6(10(13)14)4-7-2-3-8(11)9(5-7)12(15)16/h2-3,5-6H,4H2,1H3,(H,13,14). The molecule has 0 amide bonds. The summed E-state index contributed by atoms with van der Waals surface area (Å²) in [4.78, 5) is 20.2. The van der Waals surface area contributed by atoms with Gasteiger partial charge >= 0.3 is 11.7 Å². The van der Waals surface area contributed by atoms with Crippen molar-refractivity contribution in [3.05, 3.63) is 39.7 Å². The molecular weight excluding hydrogens is 217 g/mol. The first kappa shape index (κ1) is 12.1. The van der Waals surface area contributed by atoms with Crippen LogP contribution in [0.15, 0.2) is 18.2 Å². The number of carbonyl (C=O) groups is 1. The highest BCUT2D eigenvalue weighted by molar-refractivity contribution is 5.69. The number of hydrogen-bond acceptors (Lipinski definition) is 3. The number of rotatable bonds is 4. The van der Waals surface area contributed by atoms with Gasteiger partial charge in [0.1, 0.15) is 0 Å². The van der Waals surface area contributed by atoms with Crippen LogP contribution in [0.2, 0.25) is 0 Å². The van der Waals surface area contributed by atoms with Crippen LogP contribution in [-0.2, 0) is 11.2 Å². The Morgan fingerprint density at radius 2 is 2.25 bits per heavy atom. The predicted octanol–water partition coefficient (Wildman–Crippen LogP) is 2.00. The summed E-state index contributed by atoms with van der Waals surface area (Å²) in [5.74, 6) is -2.58. The summed E-state index contributed by atoms with van der Waals surface area (Å²) in [7, 11) is 0. The lowest BCUT2D eigenvalue weighted by atomic mass is 10.0. The maximum absolute atomic E-state index is 13.0. The van der Waals surface area contributed by atoms with Gasteiger partial charge in [-0.05, 0) is 18.1 Å². The van der Waals surface area contributed by atoms with E-state index in [1.54, 1.807) is 0 Å². The second-order valence-electron chi connectivity index (χ2n) is 3.49. The van der Waals surface area contributed by atoms with Crippen molar-refractivity contribution in [1.82, 2.24) is 0 Å². The molecule has 1 rings (SSSR count). The third-order valence-electron chi connectivity index (χ3n) is 2.17. The van der Waals surface area contributed by atoms with E-state index in [1.165, 1.54) is 13.0 Å². The number of nitro benzene ring substituents is 1. The van der Waals surface area contributed by atoms with Gasteiger partial charge in [-0.25, -0.2) is 0 Å². The van der Waals surface area contributed by atoms with E-state index < -0.39 is 28.3 Å². The molecule has 5 nitrogen and oxygen atoms in total. The molecule has 1 unspecified atom stereocenters. The summed E-state index contributed by atoms with van der Waals surface area (Å²) in [6.45, 7) is 1.48. The van der Waals surface area contributed by atoms with Gasteiger partial charge in [0.05, 0.1) is 10.8 Å². The molecule has 6 heteroatoms. The van der Waals surface area contributed by atoms with Crippen LogP contribution in [0.1, 0.15) is 12.5 Å². The summed E-state index contributed by atoms with van der Waals surface area (Å²) in [6.07, 6.45) is 0.135. The fraction of sp³-hybridized carbons (Fsp3) is 0.300. The highest BCUT2D eigenvalue weighted by Crippen LogP contribution is 2.20. The number of nitrogens with zero attached hydrogens (tertiary/aromatic N) is 1. The summed E-state index contributed by atoms with van der Waals surface area (Å²) >= 11 is 0. The molecule has 1 aromatic rings. The lowest BCUT2D eigenvalue weighted by Gasteiger charge is -2.05. The molecule has 1 aromatic carbocycles. The Kier molecular flexibility index (Phi) is 3.55. The monoisotopic (exact) mass is 227 g/mol. The fourth-order valence-corrected chi connectivity index (χ4v) is 1.27. The molecule has 0 aliphatic rings. The minimum atomic E-state index is -0.994. The van der Waals surface area contributed by atoms with Crippen LogP contribution in [0.4, 0.5) is 10.1 Å².